The highest BCUT2D eigenvalue weighted by atomic mass is 16.7. The lowest BCUT2D eigenvalue weighted by atomic mass is 9.61. The second-order valence-corrected chi connectivity index (χ2v) is 11.1. The van der Waals surface area contributed by atoms with Crippen LogP contribution in [-0.4, -0.2) is 58.8 Å². The molecule has 2 heterocycles. The summed E-state index contributed by atoms with van der Waals surface area (Å²) in [5.41, 5.74) is -1.01. The molecule has 4 fully saturated rings. The summed E-state index contributed by atoms with van der Waals surface area (Å²) in [5, 5.41) is 21.1. The van der Waals surface area contributed by atoms with Crippen molar-refractivity contribution in [3.63, 3.8) is 0 Å². The molecule has 34 heavy (non-hydrogen) atoms. The lowest BCUT2D eigenvalue weighted by molar-refractivity contribution is -0.214. The lowest BCUT2D eigenvalue weighted by Gasteiger charge is -2.51. The van der Waals surface area contributed by atoms with Crippen LogP contribution in [0.1, 0.15) is 53.9 Å². The molecule has 3 bridgehead atoms. The average molecular weight is 479 g/mol. The van der Waals surface area contributed by atoms with Crippen molar-refractivity contribution in [3.8, 4) is 0 Å². The van der Waals surface area contributed by atoms with Gasteiger partial charge in [-0.2, -0.15) is 0 Å². The van der Waals surface area contributed by atoms with Gasteiger partial charge < -0.3 is 29.2 Å². The Morgan fingerprint density at radius 1 is 1.21 bits per heavy atom. The van der Waals surface area contributed by atoms with Gasteiger partial charge in [0.2, 0.25) is 6.29 Å². The maximum atomic E-state index is 13.3. The van der Waals surface area contributed by atoms with Crippen molar-refractivity contribution < 1.29 is 43.5 Å². The molecular formula is C25H34O9. The van der Waals surface area contributed by atoms with Crippen molar-refractivity contribution in [2.45, 2.75) is 84.6 Å². The molecule has 5 rings (SSSR count). The third-order valence-corrected chi connectivity index (χ3v) is 9.54. The monoisotopic (exact) mass is 478 g/mol. The SMILES string of the molecule is CCC(C)C(=O)OC1C2OC(=O)C3(C)C1CC14C2=COC(OC(=O)C(C)C(C)O)C1CC(O)C34. The summed E-state index contributed by atoms with van der Waals surface area (Å²) >= 11 is 0. The fourth-order valence-corrected chi connectivity index (χ4v) is 7.33. The molecule has 9 nitrogen and oxygen atoms in total. The zero-order valence-corrected chi connectivity index (χ0v) is 20.2. The lowest BCUT2D eigenvalue weighted by Crippen LogP contribution is -2.59. The summed E-state index contributed by atoms with van der Waals surface area (Å²) < 4.78 is 23.4. The van der Waals surface area contributed by atoms with Gasteiger partial charge >= 0.3 is 17.9 Å². The van der Waals surface area contributed by atoms with Crippen LogP contribution < -0.4 is 0 Å². The normalized spacial score (nSPS) is 45.9. The zero-order chi connectivity index (χ0) is 24.7. The third kappa shape index (κ3) is 2.83. The maximum Gasteiger partial charge on any atom is 0.314 e. The van der Waals surface area contributed by atoms with Gasteiger partial charge in [-0.1, -0.05) is 13.8 Å². The van der Waals surface area contributed by atoms with E-state index in [2.05, 4.69) is 0 Å². The quantitative estimate of drug-likeness (QED) is 0.433. The van der Waals surface area contributed by atoms with E-state index in [0.29, 0.717) is 24.8 Å². The van der Waals surface area contributed by atoms with Gasteiger partial charge in [0.25, 0.3) is 0 Å². The van der Waals surface area contributed by atoms with Crippen LogP contribution in [0.4, 0.5) is 0 Å². The minimum absolute atomic E-state index is 0.284. The predicted octanol–water partition coefficient (Wildman–Crippen LogP) is 1.69. The predicted molar refractivity (Wildman–Crippen MR) is 115 cm³/mol. The van der Waals surface area contributed by atoms with E-state index in [1.807, 2.05) is 6.92 Å². The molecule has 3 aliphatic carbocycles. The van der Waals surface area contributed by atoms with Crippen molar-refractivity contribution in [2.75, 3.05) is 0 Å². The molecule has 1 saturated heterocycles. The molecule has 0 amide bonds. The van der Waals surface area contributed by atoms with Crippen LogP contribution in [0.3, 0.4) is 0 Å². The number of rotatable bonds is 6. The van der Waals surface area contributed by atoms with Gasteiger partial charge in [-0.15, -0.1) is 0 Å². The van der Waals surface area contributed by atoms with Gasteiger partial charge in [-0.05, 0) is 40.0 Å². The Hall–Kier alpha value is -2.13. The smallest absolute Gasteiger partial charge is 0.314 e. The number of fused-ring (bicyclic) bond motifs is 3. The molecule has 0 aromatic carbocycles. The highest BCUT2D eigenvalue weighted by Gasteiger charge is 2.82. The zero-order valence-electron chi connectivity index (χ0n) is 20.2. The van der Waals surface area contributed by atoms with Crippen molar-refractivity contribution in [3.05, 3.63) is 11.8 Å². The summed E-state index contributed by atoms with van der Waals surface area (Å²) in [7, 11) is 0. The van der Waals surface area contributed by atoms with Crippen LogP contribution in [0.15, 0.2) is 11.8 Å². The molecule has 12 atom stereocenters. The van der Waals surface area contributed by atoms with Crippen molar-refractivity contribution in [1.82, 2.24) is 0 Å². The van der Waals surface area contributed by atoms with E-state index >= 15 is 0 Å². The third-order valence-electron chi connectivity index (χ3n) is 9.54. The number of hydrogen-bond acceptors (Lipinski definition) is 9. The van der Waals surface area contributed by atoms with Crippen LogP contribution in [0, 0.1) is 40.4 Å². The van der Waals surface area contributed by atoms with E-state index < -0.39 is 65.3 Å². The molecule has 2 N–H and O–H groups in total. The second kappa shape index (κ2) is 7.68. The molecule has 0 aromatic rings. The average Bonchev–Trinajstić information content (AvgIpc) is 3.20. The minimum atomic E-state index is -1.04. The van der Waals surface area contributed by atoms with Crippen molar-refractivity contribution in [1.29, 1.82) is 0 Å². The number of aliphatic hydroxyl groups excluding tert-OH is 2. The van der Waals surface area contributed by atoms with E-state index in [1.165, 1.54) is 13.2 Å². The first-order valence-electron chi connectivity index (χ1n) is 12.3. The summed E-state index contributed by atoms with van der Waals surface area (Å²) in [6.07, 6.45) is -1.18. The molecule has 12 unspecified atom stereocenters. The fourth-order valence-electron chi connectivity index (χ4n) is 7.33. The number of aliphatic hydroxyl groups is 2. The van der Waals surface area contributed by atoms with Gasteiger partial charge in [-0.3, -0.25) is 14.4 Å². The van der Waals surface area contributed by atoms with Crippen LogP contribution in [0.2, 0.25) is 0 Å². The highest BCUT2D eigenvalue weighted by molar-refractivity contribution is 5.82. The molecule has 5 aliphatic rings. The van der Waals surface area contributed by atoms with E-state index in [1.54, 1.807) is 20.8 Å². The van der Waals surface area contributed by atoms with Gasteiger partial charge in [0.15, 0.2) is 6.10 Å². The number of carbonyl (C=O) groups is 3. The van der Waals surface area contributed by atoms with Gasteiger partial charge in [0.1, 0.15) is 6.10 Å². The van der Waals surface area contributed by atoms with Crippen molar-refractivity contribution in [2.24, 2.45) is 40.4 Å². The molecular weight excluding hydrogens is 444 g/mol. The van der Waals surface area contributed by atoms with E-state index in [4.69, 9.17) is 18.9 Å². The number of esters is 3. The minimum Gasteiger partial charge on any atom is -0.462 e. The first-order chi connectivity index (χ1) is 16.0. The number of carbonyl (C=O) groups excluding carboxylic acids is 3. The molecule has 1 spiro atoms. The summed E-state index contributed by atoms with van der Waals surface area (Å²) in [5.74, 6) is -3.51. The summed E-state index contributed by atoms with van der Waals surface area (Å²) in [6, 6.07) is 0. The standard InChI is InChI=1S/C25H34O9/c1-6-10(2)20(28)32-17-14-8-25-13-7-16(27)19(25)24(14,5)23(30)33-18(17)15(25)9-31-22(13)34-21(29)11(3)12(4)26/h9-14,16-19,22,26-27H,6-8H2,1-5H3. The Bertz CT molecular complexity index is 943. The summed E-state index contributed by atoms with van der Waals surface area (Å²) in [6.45, 7) is 8.62. The first-order valence-corrected chi connectivity index (χ1v) is 12.3. The molecule has 3 saturated carbocycles. The van der Waals surface area contributed by atoms with Gasteiger partial charge in [0.05, 0.1) is 35.7 Å². The van der Waals surface area contributed by atoms with Crippen LogP contribution in [0.25, 0.3) is 0 Å². The first kappa shape index (κ1) is 23.6. The Kier molecular flexibility index (Phi) is 5.33. The topological polar surface area (TPSA) is 129 Å². The maximum absolute atomic E-state index is 13.3. The number of ether oxygens (including phenoxy) is 4. The Morgan fingerprint density at radius 3 is 2.56 bits per heavy atom. The molecule has 0 radical (unpaired) electrons. The van der Waals surface area contributed by atoms with Gasteiger partial charge in [0, 0.05) is 28.7 Å². The Balaban J connectivity index is 1.54. The Morgan fingerprint density at radius 2 is 1.91 bits per heavy atom. The fraction of sp³-hybridized carbons (Fsp3) is 0.800. The van der Waals surface area contributed by atoms with Crippen molar-refractivity contribution >= 4 is 17.9 Å². The summed E-state index contributed by atoms with van der Waals surface area (Å²) in [4.78, 5) is 38.6. The van der Waals surface area contributed by atoms with E-state index in [0.717, 1.165) is 0 Å². The van der Waals surface area contributed by atoms with Crippen LogP contribution >= 0.6 is 0 Å². The number of hydrogen-bond donors (Lipinski definition) is 2. The molecule has 188 valence electrons. The van der Waals surface area contributed by atoms with Crippen LogP contribution in [-0.2, 0) is 33.3 Å². The van der Waals surface area contributed by atoms with E-state index in [-0.39, 0.29) is 23.7 Å². The highest BCUT2D eigenvalue weighted by Crippen LogP contribution is 2.77. The van der Waals surface area contributed by atoms with Gasteiger partial charge in [-0.25, -0.2) is 0 Å². The largest absolute Gasteiger partial charge is 0.462 e. The molecule has 0 aromatic heterocycles. The second-order valence-electron chi connectivity index (χ2n) is 11.1. The van der Waals surface area contributed by atoms with Crippen LogP contribution in [0.5, 0.6) is 0 Å². The molecule has 2 aliphatic heterocycles. The Labute approximate surface area is 198 Å². The van der Waals surface area contributed by atoms with E-state index in [9.17, 15) is 24.6 Å². The molecule has 9 heteroatoms.